The summed E-state index contributed by atoms with van der Waals surface area (Å²) in [6, 6.07) is 12.1. The normalized spacial score (nSPS) is 13.8. The van der Waals surface area contributed by atoms with Crippen LogP contribution in [0.2, 0.25) is 0 Å². The molecule has 0 aliphatic carbocycles. The van der Waals surface area contributed by atoms with Gasteiger partial charge in [0.05, 0.1) is 16.6 Å². The fourth-order valence-corrected chi connectivity index (χ4v) is 5.01. The first-order valence-corrected chi connectivity index (χ1v) is 12.7. The number of aromatic nitrogens is 1. The lowest BCUT2D eigenvalue weighted by Gasteiger charge is -2.18. The molecule has 0 radical (unpaired) electrons. The second-order valence-electron chi connectivity index (χ2n) is 6.52. The number of amides is 1. The van der Waals surface area contributed by atoms with E-state index >= 15 is 0 Å². The maximum absolute atomic E-state index is 12.7. The summed E-state index contributed by atoms with van der Waals surface area (Å²) < 4.78 is 14.6. The molecule has 4 rings (SSSR count). The molecule has 3 aromatic rings. The van der Waals surface area contributed by atoms with Crippen molar-refractivity contribution in [2.75, 3.05) is 31.5 Å². The average Bonchev–Trinajstić information content (AvgIpc) is 3.06. The molecule has 2 heterocycles. The van der Waals surface area contributed by atoms with Crippen molar-refractivity contribution in [1.82, 2.24) is 4.57 Å². The third kappa shape index (κ3) is 4.65. The average molecular weight is 447 g/mol. The van der Waals surface area contributed by atoms with E-state index in [1.807, 2.05) is 42.7 Å². The molecule has 2 aromatic carbocycles. The lowest BCUT2D eigenvalue weighted by atomic mass is 10.1. The van der Waals surface area contributed by atoms with Gasteiger partial charge in [0.1, 0.15) is 13.2 Å². The molecule has 1 aromatic heterocycles. The predicted octanol–water partition coefficient (Wildman–Crippen LogP) is 4.23. The molecule has 5 nitrogen and oxygen atoms in total. The van der Waals surface area contributed by atoms with Crippen molar-refractivity contribution in [3.63, 3.8) is 0 Å². The number of thiazole rings is 1. The second kappa shape index (κ2) is 9.28. The molecule has 1 aliphatic heterocycles. The van der Waals surface area contributed by atoms with Crippen molar-refractivity contribution in [2.45, 2.75) is 17.9 Å². The number of carbonyl (C=O) groups is 1. The first-order valence-electron chi connectivity index (χ1n) is 9.30. The Bertz CT molecular complexity index is 1090. The van der Waals surface area contributed by atoms with Gasteiger partial charge >= 0.3 is 0 Å². The van der Waals surface area contributed by atoms with E-state index in [0.29, 0.717) is 19.6 Å². The molecule has 0 N–H and O–H groups in total. The molecule has 0 bridgehead atoms. The topological polar surface area (TPSA) is 52.8 Å². The van der Waals surface area contributed by atoms with Gasteiger partial charge in [-0.1, -0.05) is 23.5 Å². The molecular weight excluding hydrogens is 424 g/mol. The highest BCUT2D eigenvalue weighted by molar-refractivity contribution is 7.98. The highest BCUT2D eigenvalue weighted by Gasteiger charge is 2.16. The highest BCUT2D eigenvalue weighted by atomic mass is 32.2. The van der Waals surface area contributed by atoms with Gasteiger partial charge in [-0.05, 0) is 30.2 Å². The van der Waals surface area contributed by atoms with Crippen LogP contribution in [0.1, 0.15) is 5.56 Å². The summed E-state index contributed by atoms with van der Waals surface area (Å²) in [5, 5.41) is 0. The van der Waals surface area contributed by atoms with Crippen molar-refractivity contribution in [3.8, 4) is 11.5 Å². The number of hydrogen-bond donors (Lipinski definition) is 0. The van der Waals surface area contributed by atoms with E-state index in [4.69, 9.17) is 9.47 Å². The van der Waals surface area contributed by atoms with E-state index in [0.717, 1.165) is 44.4 Å². The molecule has 0 saturated heterocycles. The Kier molecular flexibility index (Phi) is 6.52. The quantitative estimate of drug-likeness (QED) is 0.531. The summed E-state index contributed by atoms with van der Waals surface area (Å²) in [7, 11) is 0. The number of hydrogen-bond acceptors (Lipinski definition) is 6. The molecule has 8 heteroatoms. The number of carbonyl (C=O) groups excluding carboxylic acids is 1. The van der Waals surface area contributed by atoms with Gasteiger partial charge in [-0.2, -0.15) is 16.8 Å². The predicted molar refractivity (Wildman–Crippen MR) is 122 cm³/mol. The van der Waals surface area contributed by atoms with Crippen LogP contribution in [-0.4, -0.2) is 42.0 Å². The van der Waals surface area contributed by atoms with E-state index in [1.165, 1.54) is 16.2 Å². The summed E-state index contributed by atoms with van der Waals surface area (Å²) in [5.74, 6) is 2.32. The number of rotatable bonds is 6. The van der Waals surface area contributed by atoms with Gasteiger partial charge in [0.25, 0.3) is 5.91 Å². The number of fused-ring (bicyclic) bond motifs is 2. The zero-order valence-corrected chi connectivity index (χ0v) is 18.8. The van der Waals surface area contributed by atoms with Gasteiger partial charge in [-0.3, -0.25) is 4.79 Å². The Balaban J connectivity index is 1.69. The highest BCUT2D eigenvalue weighted by Crippen LogP contribution is 2.35. The maximum Gasteiger partial charge on any atom is 0.252 e. The van der Waals surface area contributed by atoms with Crippen molar-refractivity contribution in [2.24, 2.45) is 4.99 Å². The van der Waals surface area contributed by atoms with Gasteiger partial charge in [-0.15, -0.1) is 11.8 Å². The first kappa shape index (κ1) is 20.4. The second-order valence-corrected chi connectivity index (χ2v) is 9.40. The van der Waals surface area contributed by atoms with Crippen LogP contribution in [0.5, 0.6) is 11.5 Å². The van der Waals surface area contributed by atoms with Crippen molar-refractivity contribution >= 4 is 51.0 Å². The number of benzene rings is 2. The number of aryl methyl sites for hydroxylation is 1. The third-order valence-electron chi connectivity index (χ3n) is 4.60. The zero-order chi connectivity index (χ0) is 20.2. The van der Waals surface area contributed by atoms with Crippen LogP contribution >= 0.6 is 34.9 Å². The van der Waals surface area contributed by atoms with E-state index in [2.05, 4.69) is 15.8 Å². The Labute approximate surface area is 182 Å². The van der Waals surface area contributed by atoms with Crippen LogP contribution in [0.3, 0.4) is 0 Å². The van der Waals surface area contributed by atoms with Gasteiger partial charge in [0, 0.05) is 29.3 Å². The van der Waals surface area contributed by atoms with E-state index < -0.39 is 0 Å². The molecule has 29 heavy (non-hydrogen) atoms. The van der Waals surface area contributed by atoms with Crippen LogP contribution in [0.25, 0.3) is 10.2 Å². The van der Waals surface area contributed by atoms with Crippen LogP contribution in [0, 0.1) is 0 Å². The molecule has 1 aliphatic rings. The summed E-state index contributed by atoms with van der Waals surface area (Å²) in [6.07, 6.45) is 4.42. The number of ether oxygens (including phenoxy) is 2. The Morgan fingerprint density at radius 1 is 1.14 bits per heavy atom. The van der Waals surface area contributed by atoms with E-state index in [9.17, 15) is 4.79 Å². The number of nitrogens with zero attached hydrogens (tertiary/aromatic N) is 2. The molecular formula is C21H22N2O3S3. The molecule has 0 spiro atoms. The monoisotopic (exact) mass is 446 g/mol. The van der Waals surface area contributed by atoms with Gasteiger partial charge in [0.15, 0.2) is 16.3 Å². The van der Waals surface area contributed by atoms with Crippen molar-refractivity contribution in [1.29, 1.82) is 0 Å². The van der Waals surface area contributed by atoms with Crippen molar-refractivity contribution < 1.29 is 14.3 Å². The van der Waals surface area contributed by atoms with Crippen LogP contribution in [0.15, 0.2) is 46.3 Å². The maximum atomic E-state index is 12.7. The largest absolute Gasteiger partial charge is 0.486 e. The molecule has 0 saturated carbocycles. The number of thioether (sulfide) groups is 2. The minimum atomic E-state index is -0.136. The SMILES string of the molecule is CSCCn1c(=NC(=O)Cc2ccc(SC)cc2)sc2cc3c(cc21)OCCO3. The Morgan fingerprint density at radius 2 is 1.86 bits per heavy atom. The standard InChI is InChI=1S/C21H22N2O3S3/c1-27-10-7-23-16-12-17-18(26-9-8-25-17)13-19(16)29-21(23)22-20(24)11-14-3-5-15(28-2)6-4-14/h3-6,12-13H,7-11H2,1-2H3. The minimum Gasteiger partial charge on any atom is -0.486 e. The third-order valence-corrected chi connectivity index (χ3v) is 6.98. The lowest BCUT2D eigenvalue weighted by molar-refractivity contribution is -0.117. The lowest BCUT2D eigenvalue weighted by Crippen LogP contribution is -2.19. The fraction of sp³-hybridized carbons (Fsp3) is 0.333. The summed E-state index contributed by atoms with van der Waals surface area (Å²) >= 11 is 4.98. The minimum absolute atomic E-state index is 0.136. The summed E-state index contributed by atoms with van der Waals surface area (Å²) in [5.41, 5.74) is 2.01. The van der Waals surface area contributed by atoms with Crippen LogP contribution in [-0.2, 0) is 17.8 Å². The van der Waals surface area contributed by atoms with Gasteiger partial charge < -0.3 is 14.0 Å². The Morgan fingerprint density at radius 3 is 2.55 bits per heavy atom. The van der Waals surface area contributed by atoms with Crippen LogP contribution in [0.4, 0.5) is 0 Å². The zero-order valence-electron chi connectivity index (χ0n) is 16.3. The van der Waals surface area contributed by atoms with E-state index in [-0.39, 0.29) is 5.91 Å². The van der Waals surface area contributed by atoms with E-state index in [1.54, 1.807) is 23.5 Å². The first-order chi connectivity index (χ1) is 14.2. The molecule has 0 atom stereocenters. The molecule has 0 fully saturated rings. The van der Waals surface area contributed by atoms with Gasteiger partial charge in [-0.25, -0.2) is 0 Å². The molecule has 0 unspecified atom stereocenters. The molecule has 1 amide bonds. The van der Waals surface area contributed by atoms with Gasteiger partial charge in [0.2, 0.25) is 0 Å². The summed E-state index contributed by atoms with van der Waals surface area (Å²) in [4.78, 5) is 19.0. The fourth-order valence-electron chi connectivity index (χ4n) is 3.15. The molecule has 152 valence electrons. The van der Waals surface area contributed by atoms with Crippen LogP contribution < -0.4 is 14.3 Å². The summed E-state index contributed by atoms with van der Waals surface area (Å²) in [6.45, 7) is 1.90. The van der Waals surface area contributed by atoms with Crippen molar-refractivity contribution in [3.05, 3.63) is 46.8 Å². The smallest absolute Gasteiger partial charge is 0.252 e. The Hall–Kier alpha value is -1.90.